The van der Waals surface area contributed by atoms with Crippen LogP contribution in [-0.2, 0) is 0 Å². The van der Waals surface area contributed by atoms with E-state index in [0.717, 1.165) is 6.42 Å². The van der Waals surface area contributed by atoms with Crippen molar-refractivity contribution in [1.82, 2.24) is 5.32 Å². The summed E-state index contributed by atoms with van der Waals surface area (Å²) in [6, 6.07) is 0. The molecule has 0 aromatic heterocycles. The summed E-state index contributed by atoms with van der Waals surface area (Å²) >= 11 is 0. The first-order valence-electron chi connectivity index (χ1n) is 2.53. The predicted octanol–water partition coefficient (Wildman–Crippen LogP) is 0.834. The van der Waals surface area contributed by atoms with Crippen molar-refractivity contribution in [3.05, 3.63) is 0 Å². The van der Waals surface area contributed by atoms with Crippen LogP contribution in [0.5, 0.6) is 0 Å². The van der Waals surface area contributed by atoms with Crippen LogP contribution in [-0.4, -0.2) is 5.84 Å². The first-order valence-corrected chi connectivity index (χ1v) is 2.53. The molecule has 8 heavy (non-hydrogen) atoms. The standard InChI is InChI=1S/C5H9N3/c1-2-3-5(7)8-4-6/h2-3H2,1H3,(H2,7,8). The Balaban J connectivity index is 3.23. The average Bonchev–Trinajstić information content (AvgIpc) is 1.68. The molecule has 44 valence electrons. The van der Waals surface area contributed by atoms with Crippen molar-refractivity contribution in [3.8, 4) is 6.19 Å². The van der Waals surface area contributed by atoms with E-state index >= 15 is 0 Å². The molecule has 0 rings (SSSR count). The third-order valence-corrected chi connectivity index (χ3v) is 0.707. The molecule has 0 aliphatic rings. The van der Waals surface area contributed by atoms with Crippen LogP contribution < -0.4 is 5.32 Å². The highest BCUT2D eigenvalue weighted by atomic mass is 14.9. The summed E-state index contributed by atoms with van der Waals surface area (Å²) < 4.78 is 0. The summed E-state index contributed by atoms with van der Waals surface area (Å²) in [6.07, 6.45) is 3.25. The van der Waals surface area contributed by atoms with Crippen LogP contribution in [0, 0.1) is 16.9 Å². The highest BCUT2D eigenvalue weighted by molar-refractivity contribution is 5.80. The van der Waals surface area contributed by atoms with Crippen molar-refractivity contribution in [1.29, 1.82) is 10.7 Å². The first kappa shape index (κ1) is 6.96. The van der Waals surface area contributed by atoms with Gasteiger partial charge in [0.25, 0.3) is 0 Å². The molecule has 0 radical (unpaired) electrons. The van der Waals surface area contributed by atoms with Crippen LogP contribution in [0.1, 0.15) is 19.8 Å². The van der Waals surface area contributed by atoms with E-state index in [4.69, 9.17) is 10.7 Å². The summed E-state index contributed by atoms with van der Waals surface area (Å²) in [5.74, 6) is 0.301. The van der Waals surface area contributed by atoms with Crippen molar-refractivity contribution < 1.29 is 0 Å². The van der Waals surface area contributed by atoms with Gasteiger partial charge >= 0.3 is 0 Å². The molecule has 0 aromatic rings. The van der Waals surface area contributed by atoms with Crippen molar-refractivity contribution in [3.63, 3.8) is 0 Å². The Morgan fingerprint density at radius 1 is 1.88 bits per heavy atom. The van der Waals surface area contributed by atoms with Gasteiger partial charge in [-0.2, -0.15) is 5.26 Å². The zero-order valence-electron chi connectivity index (χ0n) is 4.86. The van der Waals surface area contributed by atoms with E-state index < -0.39 is 0 Å². The van der Waals surface area contributed by atoms with Crippen LogP contribution in [0.2, 0.25) is 0 Å². The number of amidine groups is 1. The van der Waals surface area contributed by atoms with Crippen LogP contribution >= 0.6 is 0 Å². The van der Waals surface area contributed by atoms with Crippen molar-refractivity contribution in [2.75, 3.05) is 0 Å². The number of rotatable bonds is 2. The van der Waals surface area contributed by atoms with Gasteiger partial charge in [-0.1, -0.05) is 6.92 Å². The van der Waals surface area contributed by atoms with Crippen LogP contribution in [0.15, 0.2) is 0 Å². The van der Waals surface area contributed by atoms with E-state index in [0.29, 0.717) is 12.3 Å². The molecule has 3 nitrogen and oxygen atoms in total. The predicted molar refractivity (Wildman–Crippen MR) is 31.4 cm³/mol. The van der Waals surface area contributed by atoms with Gasteiger partial charge in [0, 0.05) is 6.42 Å². The summed E-state index contributed by atoms with van der Waals surface area (Å²) in [5, 5.41) is 17.2. The lowest BCUT2D eigenvalue weighted by molar-refractivity contribution is 0.952. The molecule has 0 aliphatic carbocycles. The molecule has 0 saturated carbocycles. The molecular weight excluding hydrogens is 102 g/mol. The van der Waals surface area contributed by atoms with Crippen molar-refractivity contribution in [2.24, 2.45) is 0 Å². The van der Waals surface area contributed by atoms with Crippen LogP contribution in [0.25, 0.3) is 0 Å². The van der Waals surface area contributed by atoms with Crippen molar-refractivity contribution in [2.45, 2.75) is 19.8 Å². The fourth-order valence-electron chi connectivity index (χ4n) is 0.380. The van der Waals surface area contributed by atoms with Gasteiger partial charge in [-0.05, 0) is 6.42 Å². The number of hydrogen-bond acceptors (Lipinski definition) is 2. The second-order valence-corrected chi connectivity index (χ2v) is 1.47. The minimum absolute atomic E-state index is 0.301. The Morgan fingerprint density at radius 3 is 2.88 bits per heavy atom. The fourth-order valence-corrected chi connectivity index (χ4v) is 0.380. The molecule has 0 atom stereocenters. The molecule has 0 aromatic carbocycles. The summed E-state index contributed by atoms with van der Waals surface area (Å²) in [6.45, 7) is 1.97. The van der Waals surface area contributed by atoms with Gasteiger partial charge in [-0.25, -0.2) is 0 Å². The fraction of sp³-hybridized carbons (Fsp3) is 0.600. The highest BCUT2D eigenvalue weighted by Crippen LogP contribution is 1.83. The topological polar surface area (TPSA) is 59.7 Å². The third-order valence-electron chi connectivity index (χ3n) is 0.707. The number of nitriles is 1. The quantitative estimate of drug-likeness (QED) is 0.240. The molecule has 0 spiro atoms. The summed E-state index contributed by atoms with van der Waals surface area (Å²) in [7, 11) is 0. The highest BCUT2D eigenvalue weighted by Gasteiger charge is 1.88. The minimum Gasteiger partial charge on any atom is -0.288 e. The maximum atomic E-state index is 7.96. The van der Waals surface area contributed by atoms with Crippen LogP contribution in [0.3, 0.4) is 0 Å². The smallest absolute Gasteiger partial charge is 0.182 e. The molecule has 0 amide bonds. The molecule has 0 fully saturated rings. The van der Waals surface area contributed by atoms with Gasteiger partial charge in [-0.15, -0.1) is 0 Å². The Kier molecular flexibility index (Phi) is 3.59. The molecule has 0 bridgehead atoms. The summed E-state index contributed by atoms with van der Waals surface area (Å²) in [4.78, 5) is 0. The normalized spacial score (nSPS) is 7.50. The Hall–Kier alpha value is -1.04. The van der Waals surface area contributed by atoms with Crippen LogP contribution in [0.4, 0.5) is 0 Å². The first-order chi connectivity index (χ1) is 3.81. The largest absolute Gasteiger partial charge is 0.288 e. The van der Waals surface area contributed by atoms with Gasteiger partial charge < -0.3 is 0 Å². The van der Waals surface area contributed by atoms with Gasteiger partial charge in [0.15, 0.2) is 6.19 Å². The Labute approximate surface area is 48.8 Å². The van der Waals surface area contributed by atoms with Gasteiger partial charge in [0.1, 0.15) is 5.84 Å². The van der Waals surface area contributed by atoms with E-state index in [-0.39, 0.29) is 0 Å². The number of nitrogens with one attached hydrogen (secondary N) is 2. The minimum atomic E-state index is 0.301. The second kappa shape index (κ2) is 4.13. The van der Waals surface area contributed by atoms with Gasteiger partial charge in [-0.3, -0.25) is 10.7 Å². The molecular formula is C5H9N3. The molecule has 0 saturated heterocycles. The SMILES string of the molecule is CCCC(=N)NC#N. The lowest BCUT2D eigenvalue weighted by Gasteiger charge is -1.93. The van der Waals surface area contributed by atoms with E-state index in [2.05, 4.69) is 5.32 Å². The third kappa shape index (κ3) is 3.16. The molecule has 3 heteroatoms. The zero-order valence-corrected chi connectivity index (χ0v) is 4.86. The second-order valence-electron chi connectivity index (χ2n) is 1.47. The maximum absolute atomic E-state index is 7.96. The zero-order chi connectivity index (χ0) is 6.41. The number of nitrogens with zero attached hydrogens (tertiary/aromatic N) is 1. The van der Waals surface area contributed by atoms with E-state index in [9.17, 15) is 0 Å². The monoisotopic (exact) mass is 111 g/mol. The lowest BCUT2D eigenvalue weighted by Crippen LogP contribution is -2.14. The molecule has 0 heterocycles. The maximum Gasteiger partial charge on any atom is 0.182 e. The van der Waals surface area contributed by atoms with Gasteiger partial charge in [0.05, 0.1) is 0 Å². The number of hydrogen-bond donors (Lipinski definition) is 2. The van der Waals surface area contributed by atoms with E-state index in [1.165, 1.54) is 0 Å². The lowest BCUT2D eigenvalue weighted by atomic mass is 10.3. The Bertz CT molecular complexity index is 111. The average molecular weight is 111 g/mol. The Morgan fingerprint density at radius 2 is 2.50 bits per heavy atom. The van der Waals surface area contributed by atoms with Crippen molar-refractivity contribution >= 4 is 5.84 Å². The molecule has 2 N–H and O–H groups in total. The van der Waals surface area contributed by atoms with Gasteiger partial charge in [0.2, 0.25) is 0 Å². The molecule has 0 unspecified atom stereocenters. The molecule has 0 aliphatic heterocycles. The summed E-state index contributed by atoms with van der Waals surface area (Å²) in [5.41, 5.74) is 0. The van der Waals surface area contributed by atoms with E-state index in [1.807, 2.05) is 6.92 Å². The van der Waals surface area contributed by atoms with E-state index in [1.54, 1.807) is 6.19 Å².